The van der Waals surface area contributed by atoms with Crippen LogP contribution in [0.25, 0.3) is 10.8 Å². The van der Waals surface area contributed by atoms with Crippen molar-refractivity contribution in [2.45, 2.75) is 88.7 Å². The number of benzene rings is 5. The van der Waals surface area contributed by atoms with Gasteiger partial charge in [-0.1, -0.05) is 103 Å². The number of oxime groups is 1. The first-order chi connectivity index (χ1) is 34.8. The second-order valence-corrected chi connectivity index (χ2v) is 19.0. The third-order valence-corrected chi connectivity index (χ3v) is 14.6. The number of carbonyl (C=O) groups excluding carboxylic acids is 2. The van der Waals surface area contributed by atoms with Gasteiger partial charge in [0.05, 0.1) is 38.1 Å². The van der Waals surface area contributed by atoms with Crippen LogP contribution in [0.2, 0.25) is 0 Å². The van der Waals surface area contributed by atoms with Crippen LogP contribution >= 0.6 is 0 Å². The molecule has 0 spiro atoms. The van der Waals surface area contributed by atoms with E-state index in [0.717, 1.165) is 71.6 Å². The van der Waals surface area contributed by atoms with Crippen molar-refractivity contribution in [3.63, 3.8) is 0 Å². The maximum absolute atomic E-state index is 15.2. The highest BCUT2D eigenvalue weighted by molar-refractivity contribution is 6.03. The lowest BCUT2D eigenvalue weighted by Gasteiger charge is -2.60. The third kappa shape index (κ3) is 10.7. The maximum Gasteiger partial charge on any atom is 0.417 e. The Kier molecular flexibility index (Phi) is 15.7. The van der Waals surface area contributed by atoms with Gasteiger partial charge < -0.3 is 43.6 Å². The molecular weight excluding hydrogens is 899 g/mol. The summed E-state index contributed by atoms with van der Waals surface area (Å²) in [7, 11) is 3.07. The topological polar surface area (TPSA) is 158 Å². The molecule has 0 aromatic heterocycles. The minimum atomic E-state index is -1.46. The summed E-state index contributed by atoms with van der Waals surface area (Å²) in [5.74, 6) is -0.638. The van der Waals surface area contributed by atoms with Crippen molar-refractivity contribution < 1.29 is 48.3 Å². The number of hydrogen-bond donors (Lipinski definition) is 3. The number of carbonyl (C=O) groups is 2. The number of amides is 2. The molecular formula is C58H65N3O10. The second kappa shape index (κ2) is 22.6. The Morgan fingerprint density at radius 3 is 2.39 bits per heavy atom. The second-order valence-electron chi connectivity index (χ2n) is 19.0. The Balaban J connectivity index is 1.21. The van der Waals surface area contributed by atoms with E-state index in [0.29, 0.717) is 53.8 Å². The molecule has 2 fully saturated rings. The van der Waals surface area contributed by atoms with E-state index in [1.54, 1.807) is 37.5 Å². The summed E-state index contributed by atoms with van der Waals surface area (Å²) in [6, 6.07) is 34.2. The number of fused-ring (bicyclic) bond motifs is 3. The van der Waals surface area contributed by atoms with Crippen LogP contribution in [-0.2, 0) is 27.5 Å². The van der Waals surface area contributed by atoms with Crippen LogP contribution in [0.3, 0.4) is 0 Å². The molecule has 13 nitrogen and oxygen atoms in total. The van der Waals surface area contributed by atoms with Gasteiger partial charge in [0.25, 0.3) is 0 Å². The van der Waals surface area contributed by atoms with E-state index in [-0.39, 0.29) is 62.4 Å². The zero-order valence-electron chi connectivity index (χ0n) is 40.7. The third-order valence-electron chi connectivity index (χ3n) is 14.6. The van der Waals surface area contributed by atoms with Gasteiger partial charge in [0.15, 0.2) is 0 Å². The highest BCUT2D eigenvalue weighted by Crippen LogP contribution is 2.62. The van der Waals surface area contributed by atoms with Crippen molar-refractivity contribution in [1.82, 2.24) is 4.90 Å². The molecule has 5 aromatic carbocycles. The Morgan fingerprint density at radius 2 is 1.63 bits per heavy atom. The minimum absolute atomic E-state index is 0.00529. The quantitative estimate of drug-likeness (QED) is 0.0346. The normalized spacial score (nSPS) is 22.6. The number of nitrogens with one attached hydrogen (secondary N) is 1. The van der Waals surface area contributed by atoms with Crippen molar-refractivity contribution in [1.29, 1.82) is 0 Å². The fraction of sp³-hybridized carbons (Fsp3) is 0.397. The Hall–Kier alpha value is -6.67. The van der Waals surface area contributed by atoms with Gasteiger partial charge in [-0.25, -0.2) is 4.79 Å². The molecule has 6 unspecified atom stereocenters. The van der Waals surface area contributed by atoms with Gasteiger partial charge in [-0.05, 0) is 108 Å². The van der Waals surface area contributed by atoms with Gasteiger partial charge in [0, 0.05) is 49.6 Å². The fourth-order valence-corrected chi connectivity index (χ4v) is 11.1. The predicted molar refractivity (Wildman–Crippen MR) is 273 cm³/mol. The van der Waals surface area contributed by atoms with Crippen molar-refractivity contribution in [2.75, 3.05) is 39.4 Å². The molecule has 2 saturated carbocycles. The number of unbranched alkanes of at least 4 members (excludes halogenated alkanes) is 2. The largest absolute Gasteiger partial charge is 0.497 e. The van der Waals surface area contributed by atoms with Gasteiger partial charge >= 0.3 is 6.09 Å². The zero-order chi connectivity index (χ0) is 49.3. The number of rotatable bonds is 22. The minimum Gasteiger partial charge on any atom is -0.497 e. The number of ether oxygens (including phenoxy) is 5. The molecule has 13 heteroatoms. The molecule has 0 bridgehead atoms. The van der Waals surface area contributed by atoms with E-state index in [1.807, 2.05) is 65.6 Å². The molecule has 9 rings (SSSR count). The van der Waals surface area contributed by atoms with E-state index < -0.39 is 23.8 Å². The summed E-state index contributed by atoms with van der Waals surface area (Å²) < 4.78 is 31.7. The molecule has 1 heterocycles. The van der Waals surface area contributed by atoms with Crippen LogP contribution in [-0.4, -0.2) is 78.7 Å². The van der Waals surface area contributed by atoms with E-state index in [4.69, 9.17) is 33.7 Å². The van der Waals surface area contributed by atoms with Crippen LogP contribution in [0.4, 0.5) is 10.5 Å². The number of methoxy groups -OCH3 is 2. The van der Waals surface area contributed by atoms with E-state index in [9.17, 15) is 15.0 Å². The Morgan fingerprint density at radius 1 is 0.873 bits per heavy atom. The molecule has 6 atom stereocenters. The lowest BCUT2D eigenvalue weighted by atomic mass is 9.55. The number of aliphatic hydroxyl groups excluding tert-OH is 2. The summed E-state index contributed by atoms with van der Waals surface area (Å²) in [6.45, 7) is 4.90. The molecule has 4 aliphatic rings. The molecule has 1 aliphatic heterocycles. The van der Waals surface area contributed by atoms with E-state index in [1.165, 1.54) is 7.11 Å². The number of nitrogens with zero attached hydrogens (tertiary/aromatic N) is 2. The lowest BCUT2D eigenvalue weighted by Crippen LogP contribution is -2.70. The highest BCUT2D eigenvalue weighted by atomic mass is 16.7. The van der Waals surface area contributed by atoms with Crippen LogP contribution in [0.1, 0.15) is 80.4 Å². The van der Waals surface area contributed by atoms with E-state index >= 15 is 4.79 Å². The molecule has 5 aromatic rings. The predicted octanol–water partition coefficient (Wildman–Crippen LogP) is 10.7. The van der Waals surface area contributed by atoms with Gasteiger partial charge in [-0.2, -0.15) is 0 Å². The first kappa shape index (κ1) is 49.3. The SMILES string of the molecule is C=CCOC12Oc3ccc(OC(=O)Nc4ccc(OC)cc4OC)cc3C3C(CCCCO)C(CCCCO)C=C(C(=NOCc4ccccc4)CC1N(Cc1cccc4ccccc14)C(=O)C1CC1)C32. The molecule has 0 radical (unpaired) electrons. The number of hydrogen-bond acceptors (Lipinski definition) is 11. The van der Waals surface area contributed by atoms with Crippen molar-refractivity contribution in [2.24, 2.45) is 28.8 Å². The monoisotopic (exact) mass is 963 g/mol. The smallest absolute Gasteiger partial charge is 0.417 e. The number of aliphatic hydroxyl groups is 2. The molecule has 3 N–H and O–H groups in total. The van der Waals surface area contributed by atoms with Crippen molar-refractivity contribution in [3.8, 4) is 23.0 Å². The van der Waals surface area contributed by atoms with E-state index in [2.05, 4.69) is 42.2 Å². The molecule has 2 amide bonds. The molecule has 3 aliphatic carbocycles. The zero-order valence-corrected chi connectivity index (χ0v) is 40.7. The average Bonchev–Trinajstić information content (AvgIpc) is 4.25. The number of anilines is 1. The van der Waals surface area contributed by atoms with Gasteiger partial charge in [0.1, 0.15) is 35.6 Å². The van der Waals surface area contributed by atoms with Crippen LogP contribution in [0.15, 0.2) is 139 Å². The standard InChI is InChI=1S/C58H65N3O10/c1-4-31-68-58-53(61(56(64)40-23-24-40)36-42-20-14-19-39-17-8-9-21-45(39)42)35-50(60-69-37-38-15-6-5-7-16-38)47-32-41(18-10-12-29-62)46(22-11-13-30-63)54(55(47)58)48-33-44(26-28-51(48)71-58)70-57(65)59-49-27-25-43(66-2)34-52(49)67-3/h4-9,14-17,19-21,25-28,32-34,40-41,46,53-55,62-63H,1,10-13,18,22-24,29-31,35-37H2,2-3H3,(H,59,65). The Labute approximate surface area is 416 Å². The maximum atomic E-state index is 15.2. The van der Waals surface area contributed by atoms with Crippen molar-refractivity contribution >= 4 is 34.2 Å². The fourth-order valence-electron chi connectivity index (χ4n) is 11.1. The summed E-state index contributed by atoms with van der Waals surface area (Å²) in [4.78, 5) is 37.3. The summed E-state index contributed by atoms with van der Waals surface area (Å²) in [5.41, 5.74) is 4.83. The summed E-state index contributed by atoms with van der Waals surface area (Å²) in [5, 5.41) is 30.1. The lowest BCUT2D eigenvalue weighted by molar-refractivity contribution is -0.258. The van der Waals surface area contributed by atoms with Gasteiger partial charge in [-0.15, -0.1) is 6.58 Å². The first-order valence-corrected chi connectivity index (χ1v) is 25.0. The van der Waals surface area contributed by atoms with Crippen LogP contribution in [0.5, 0.6) is 23.0 Å². The average molecular weight is 964 g/mol. The molecule has 372 valence electrons. The van der Waals surface area contributed by atoms with Crippen molar-refractivity contribution in [3.05, 3.63) is 150 Å². The summed E-state index contributed by atoms with van der Waals surface area (Å²) >= 11 is 0. The van der Waals surface area contributed by atoms with Crippen LogP contribution < -0.4 is 24.3 Å². The first-order valence-electron chi connectivity index (χ1n) is 25.0. The molecule has 0 saturated heterocycles. The summed E-state index contributed by atoms with van der Waals surface area (Å²) in [6.07, 6.45) is 9.52. The van der Waals surface area contributed by atoms with Gasteiger partial charge in [-0.3, -0.25) is 10.1 Å². The Bertz CT molecular complexity index is 2730. The van der Waals surface area contributed by atoms with Crippen LogP contribution in [0, 0.1) is 23.7 Å². The highest BCUT2D eigenvalue weighted by Gasteiger charge is 2.66. The van der Waals surface area contributed by atoms with Gasteiger partial charge in [0.2, 0.25) is 11.7 Å². The number of allylic oxidation sites excluding steroid dienone is 1. The molecule has 71 heavy (non-hydrogen) atoms.